The number of hydrogen-bond acceptors (Lipinski definition) is 3. The van der Waals surface area contributed by atoms with E-state index >= 15 is 0 Å². The summed E-state index contributed by atoms with van der Waals surface area (Å²) in [6, 6.07) is 20.7. The second-order valence-corrected chi connectivity index (χ2v) is 9.59. The van der Waals surface area contributed by atoms with Crippen molar-refractivity contribution in [2.75, 3.05) is 16.8 Å². The smallest absolute Gasteiger partial charge is 0.259 e. The van der Waals surface area contributed by atoms with Gasteiger partial charge in [0.15, 0.2) is 0 Å². The third-order valence-electron chi connectivity index (χ3n) is 6.31. The molecule has 34 heavy (non-hydrogen) atoms. The van der Waals surface area contributed by atoms with Gasteiger partial charge in [-0.05, 0) is 67.6 Å². The molecule has 1 saturated carbocycles. The molecular weight excluding hydrogens is 469 g/mol. The molecule has 174 valence electrons. The van der Waals surface area contributed by atoms with E-state index in [2.05, 4.69) is 16.7 Å². The van der Waals surface area contributed by atoms with Crippen LogP contribution in [-0.4, -0.2) is 24.4 Å². The van der Waals surface area contributed by atoms with Gasteiger partial charge >= 0.3 is 0 Å². The number of hydrogen-bond donors (Lipinski definition) is 2. The molecule has 1 atom stereocenters. The molecular formula is C27H25Cl2N3O2. The molecule has 1 aliphatic carbocycles. The van der Waals surface area contributed by atoms with Crippen LogP contribution in [0.2, 0.25) is 10.0 Å². The first-order valence-electron chi connectivity index (χ1n) is 11.5. The molecule has 2 N–H and O–H groups in total. The summed E-state index contributed by atoms with van der Waals surface area (Å²) in [5.74, 6) is -0.482. The normalized spacial score (nSPS) is 17.6. The third kappa shape index (κ3) is 4.83. The van der Waals surface area contributed by atoms with Crippen LogP contribution in [-0.2, 0) is 0 Å². The predicted molar refractivity (Wildman–Crippen MR) is 137 cm³/mol. The zero-order valence-corrected chi connectivity index (χ0v) is 20.1. The highest BCUT2D eigenvalue weighted by molar-refractivity contribution is 6.35. The van der Waals surface area contributed by atoms with E-state index in [9.17, 15) is 9.59 Å². The van der Waals surface area contributed by atoms with Crippen LogP contribution < -0.4 is 15.5 Å². The van der Waals surface area contributed by atoms with E-state index in [0.717, 1.165) is 24.1 Å². The monoisotopic (exact) mass is 493 g/mol. The van der Waals surface area contributed by atoms with Crippen LogP contribution >= 0.6 is 23.2 Å². The van der Waals surface area contributed by atoms with E-state index in [1.807, 2.05) is 23.1 Å². The van der Waals surface area contributed by atoms with Gasteiger partial charge in [-0.1, -0.05) is 53.5 Å². The SMILES string of the molecule is O=C(Nc1ccc(C(=O)N2CCCC(NC3CC3)c3ccccc32)c(Cl)c1)c1ccccc1Cl. The molecule has 2 amide bonds. The number of para-hydroxylation sites is 1. The van der Waals surface area contributed by atoms with E-state index in [0.29, 0.717) is 34.4 Å². The summed E-state index contributed by atoms with van der Waals surface area (Å²) < 4.78 is 0. The van der Waals surface area contributed by atoms with Crippen LogP contribution in [0, 0.1) is 0 Å². The Labute approximate surface area is 209 Å². The van der Waals surface area contributed by atoms with Gasteiger partial charge in [-0.15, -0.1) is 0 Å². The Morgan fingerprint density at radius 3 is 2.38 bits per heavy atom. The van der Waals surface area contributed by atoms with Crippen molar-refractivity contribution in [3.63, 3.8) is 0 Å². The first kappa shape index (κ1) is 22.9. The fraction of sp³-hybridized carbons (Fsp3) is 0.259. The van der Waals surface area contributed by atoms with Crippen molar-refractivity contribution in [1.29, 1.82) is 0 Å². The Kier molecular flexibility index (Phi) is 6.59. The third-order valence-corrected chi connectivity index (χ3v) is 6.96. The average molecular weight is 494 g/mol. The van der Waals surface area contributed by atoms with Crippen LogP contribution in [0.15, 0.2) is 66.7 Å². The first-order chi connectivity index (χ1) is 16.5. The van der Waals surface area contributed by atoms with Crippen molar-refractivity contribution in [3.05, 3.63) is 93.5 Å². The lowest BCUT2D eigenvalue weighted by molar-refractivity contribution is 0.0986. The van der Waals surface area contributed by atoms with Gasteiger partial charge in [-0.3, -0.25) is 9.59 Å². The molecule has 5 rings (SSSR count). The Balaban J connectivity index is 1.37. The van der Waals surface area contributed by atoms with Crippen LogP contribution in [0.25, 0.3) is 0 Å². The largest absolute Gasteiger partial charge is 0.322 e. The number of carbonyl (C=O) groups is 2. The molecule has 1 aliphatic heterocycles. The quantitative estimate of drug-likeness (QED) is 0.427. The molecule has 0 radical (unpaired) electrons. The number of fused-ring (bicyclic) bond motifs is 1. The number of amides is 2. The Morgan fingerprint density at radius 2 is 1.62 bits per heavy atom. The predicted octanol–water partition coefficient (Wildman–Crippen LogP) is 6.48. The van der Waals surface area contributed by atoms with Gasteiger partial charge in [0.25, 0.3) is 11.8 Å². The van der Waals surface area contributed by atoms with E-state index in [-0.39, 0.29) is 22.9 Å². The van der Waals surface area contributed by atoms with Gasteiger partial charge in [0.2, 0.25) is 0 Å². The topological polar surface area (TPSA) is 61.4 Å². The Hall–Kier alpha value is -2.86. The summed E-state index contributed by atoms with van der Waals surface area (Å²) in [5.41, 5.74) is 3.35. The zero-order valence-electron chi connectivity index (χ0n) is 18.6. The lowest BCUT2D eigenvalue weighted by atomic mass is 10.0. The molecule has 1 fully saturated rings. The summed E-state index contributed by atoms with van der Waals surface area (Å²) in [6.07, 6.45) is 4.32. The molecule has 3 aromatic carbocycles. The Bertz CT molecular complexity index is 1240. The molecule has 3 aromatic rings. The van der Waals surface area contributed by atoms with Crippen molar-refractivity contribution >= 4 is 46.4 Å². The second-order valence-electron chi connectivity index (χ2n) is 8.78. The van der Waals surface area contributed by atoms with Crippen LogP contribution in [0.4, 0.5) is 11.4 Å². The van der Waals surface area contributed by atoms with Gasteiger partial charge in [0.05, 0.1) is 21.2 Å². The number of carbonyl (C=O) groups excluding carboxylic acids is 2. The number of nitrogens with one attached hydrogen (secondary N) is 2. The first-order valence-corrected chi connectivity index (χ1v) is 12.3. The van der Waals surface area contributed by atoms with Gasteiger partial charge < -0.3 is 15.5 Å². The van der Waals surface area contributed by atoms with Crippen LogP contribution in [0.5, 0.6) is 0 Å². The van der Waals surface area contributed by atoms with Crippen molar-refractivity contribution in [1.82, 2.24) is 5.32 Å². The van der Waals surface area contributed by atoms with Gasteiger partial charge in [-0.2, -0.15) is 0 Å². The molecule has 0 spiro atoms. The summed E-state index contributed by atoms with van der Waals surface area (Å²) in [6.45, 7) is 0.625. The molecule has 0 saturated heterocycles. The number of benzene rings is 3. The molecule has 5 nitrogen and oxygen atoms in total. The van der Waals surface area contributed by atoms with Crippen LogP contribution in [0.3, 0.4) is 0 Å². The zero-order chi connectivity index (χ0) is 23.7. The average Bonchev–Trinajstić information content (AvgIpc) is 3.67. The van der Waals surface area contributed by atoms with E-state index in [1.54, 1.807) is 42.5 Å². The highest BCUT2D eigenvalue weighted by Crippen LogP contribution is 2.36. The molecule has 1 heterocycles. The fourth-order valence-corrected chi connectivity index (χ4v) is 4.91. The van der Waals surface area contributed by atoms with Gasteiger partial charge in [0, 0.05) is 30.0 Å². The number of halogens is 2. The summed E-state index contributed by atoms with van der Waals surface area (Å²) in [4.78, 5) is 28.0. The van der Waals surface area contributed by atoms with E-state index < -0.39 is 0 Å². The van der Waals surface area contributed by atoms with Crippen molar-refractivity contribution < 1.29 is 9.59 Å². The standard InChI is InChI=1S/C27H25Cl2N3O2/c28-22-8-3-1-6-19(22)26(33)31-18-13-14-20(23(29)16-18)27(34)32-15-5-9-24(30-17-11-12-17)21-7-2-4-10-25(21)32/h1-4,6-8,10,13-14,16-17,24,30H,5,9,11-12,15H2,(H,31,33). The minimum atomic E-state index is -0.337. The Morgan fingerprint density at radius 1 is 0.853 bits per heavy atom. The number of anilines is 2. The molecule has 1 unspecified atom stereocenters. The molecule has 0 bridgehead atoms. The maximum atomic E-state index is 13.6. The van der Waals surface area contributed by atoms with Crippen LogP contribution in [0.1, 0.15) is 58.0 Å². The minimum absolute atomic E-state index is 0.145. The lowest BCUT2D eigenvalue weighted by Gasteiger charge is -2.25. The van der Waals surface area contributed by atoms with Crippen molar-refractivity contribution in [3.8, 4) is 0 Å². The number of rotatable bonds is 5. The maximum absolute atomic E-state index is 13.6. The van der Waals surface area contributed by atoms with E-state index in [4.69, 9.17) is 23.2 Å². The highest BCUT2D eigenvalue weighted by Gasteiger charge is 2.31. The van der Waals surface area contributed by atoms with Gasteiger partial charge in [-0.25, -0.2) is 0 Å². The second kappa shape index (κ2) is 9.79. The van der Waals surface area contributed by atoms with Crippen molar-refractivity contribution in [2.24, 2.45) is 0 Å². The molecule has 0 aromatic heterocycles. The van der Waals surface area contributed by atoms with Crippen molar-refractivity contribution in [2.45, 2.75) is 37.8 Å². The summed E-state index contributed by atoms with van der Waals surface area (Å²) in [5, 5.41) is 7.19. The number of nitrogens with zero attached hydrogens (tertiary/aromatic N) is 1. The lowest BCUT2D eigenvalue weighted by Crippen LogP contribution is -2.32. The van der Waals surface area contributed by atoms with Gasteiger partial charge in [0.1, 0.15) is 0 Å². The maximum Gasteiger partial charge on any atom is 0.259 e. The molecule has 7 heteroatoms. The summed E-state index contributed by atoms with van der Waals surface area (Å²) >= 11 is 12.7. The fourth-order valence-electron chi connectivity index (χ4n) is 4.43. The van der Waals surface area contributed by atoms with E-state index in [1.165, 1.54) is 12.8 Å². The minimum Gasteiger partial charge on any atom is -0.322 e. The highest BCUT2D eigenvalue weighted by atomic mass is 35.5. The summed E-state index contributed by atoms with van der Waals surface area (Å²) in [7, 11) is 0. The molecule has 2 aliphatic rings.